The van der Waals surface area contributed by atoms with E-state index in [4.69, 9.17) is 17.0 Å². The van der Waals surface area contributed by atoms with Gasteiger partial charge in [0.2, 0.25) is 0 Å². The molecule has 2 atom stereocenters. The molecule has 0 N–H and O–H groups in total. The normalized spacial score (nSPS) is 28.4. The van der Waals surface area contributed by atoms with Crippen molar-refractivity contribution in [3.05, 3.63) is 131 Å². The molecule has 0 aliphatic heterocycles. The van der Waals surface area contributed by atoms with Crippen molar-refractivity contribution in [2.45, 2.75) is 155 Å². The monoisotopic (exact) mass is 1010 g/mol. The van der Waals surface area contributed by atoms with Crippen LogP contribution in [0, 0.1) is 46.3 Å². The van der Waals surface area contributed by atoms with Crippen molar-refractivity contribution in [1.82, 2.24) is 0 Å². The summed E-state index contributed by atoms with van der Waals surface area (Å²) in [5, 5.41) is 5.76. The zero-order valence-corrected chi connectivity index (χ0v) is 46.1. The Morgan fingerprint density at radius 2 is 0.833 bits per heavy atom. The molecule has 8 bridgehead atoms. The molecule has 8 fully saturated rings. The summed E-state index contributed by atoms with van der Waals surface area (Å²) in [4.78, 5) is 0. The molecule has 346 valence electrons. The van der Waals surface area contributed by atoms with Crippen LogP contribution >= 0.6 is 17.0 Å². The molecule has 6 aromatic rings. The Morgan fingerprint density at radius 1 is 0.530 bits per heavy atom. The van der Waals surface area contributed by atoms with Gasteiger partial charge >= 0.3 is 37.9 Å². The van der Waals surface area contributed by atoms with E-state index in [1.54, 1.807) is 11.1 Å². The average Bonchev–Trinajstić information content (AvgIpc) is 3.91. The van der Waals surface area contributed by atoms with E-state index in [9.17, 15) is 0 Å². The predicted molar refractivity (Wildman–Crippen MR) is 285 cm³/mol. The van der Waals surface area contributed by atoms with Crippen molar-refractivity contribution in [2.24, 2.45) is 46.3 Å². The molecule has 0 amide bonds. The maximum atomic E-state index is 4.93. The molecule has 66 heavy (non-hydrogen) atoms. The van der Waals surface area contributed by atoms with Crippen molar-refractivity contribution in [2.75, 3.05) is 0 Å². The summed E-state index contributed by atoms with van der Waals surface area (Å²) < 4.78 is 0. The molecule has 14 rings (SSSR count). The minimum atomic E-state index is -0.826. The van der Waals surface area contributed by atoms with Gasteiger partial charge in [-0.05, 0) is 183 Å². The van der Waals surface area contributed by atoms with Crippen LogP contribution in [0.15, 0.2) is 109 Å². The van der Waals surface area contributed by atoms with Gasteiger partial charge in [-0.3, -0.25) is 0 Å². The Kier molecular flexibility index (Phi) is 15.8. The maximum absolute atomic E-state index is 4.93. The molecule has 8 saturated carbocycles. The van der Waals surface area contributed by atoms with Gasteiger partial charge in [-0.25, -0.2) is 0 Å². The number of rotatable bonds is 10. The van der Waals surface area contributed by atoms with Crippen molar-refractivity contribution in [3.8, 4) is 22.3 Å². The Hall–Kier alpha value is -2.22. The Balaban J connectivity index is 0.000000149. The van der Waals surface area contributed by atoms with E-state index >= 15 is 0 Å². The molecule has 2 radical (unpaired) electrons. The summed E-state index contributed by atoms with van der Waals surface area (Å²) in [5.41, 5.74) is 12.9. The van der Waals surface area contributed by atoms with E-state index in [-0.39, 0.29) is 0 Å². The Morgan fingerprint density at radius 3 is 1.12 bits per heavy atom. The van der Waals surface area contributed by atoms with Crippen LogP contribution in [0.5, 0.6) is 0 Å². The third-order valence-electron chi connectivity index (χ3n) is 17.9. The quantitative estimate of drug-likeness (QED) is 0.0948. The molecule has 8 aliphatic carbocycles. The van der Waals surface area contributed by atoms with Gasteiger partial charge in [0.25, 0.3) is 0 Å². The fourth-order valence-corrected chi connectivity index (χ4v) is 15.6. The van der Waals surface area contributed by atoms with Crippen LogP contribution in [0.25, 0.3) is 43.8 Å². The number of hydrogen-bond acceptors (Lipinski definition) is 0. The summed E-state index contributed by atoms with van der Waals surface area (Å²) in [5.74, 6) is 7.53. The zero-order chi connectivity index (χ0) is 46.0. The second kappa shape index (κ2) is 21.4. The first-order chi connectivity index (χ1) is 32.0. The summed E-state index contributed by atoms with van der Waals surface area (Å²) >= 11 is -0.826. The molecule has 0 saturated heterocycles. The van der Waals surface area contributed by atoms with Gasteiger partial charge in [-0.2, -0.15) is 12.1 Å². The number of hydrogen-bond donors (Lipinski definition) is 0. The van der Waals surface area contributed by atoms with Gasteiger partial charge in [0, 0.05) is 9.52 Å². The van der Waals surface area contributed by atoms with Gasteiger partial charge in [-0.15, -0.1) is 69.1 Å². The van der Waals surface area contributed by atoms with Crippen LogP contribution in [0.4, 0.5) is 0 Å². The van der Waals surface area contributed by atoms with Crippen LogP contribution in [0.3, 0.4) is 0 Å². The van der Waals surface area contributed by atoms with Gasteiger partial charge in [0.05, 0.1) is 0 Å². The van der Waals surface area contributed by atoms with Gasteiger partial charge < -0.3 is 0 Å². The zero-order valence-electron chi connectivity index (χ0n) is 41.1. The van der Waals surface area contributed by atoms with E-state index in [2.05, 4.69) is 150 Å². The van der Waals surface area contributed by atoms with E-state index < -0.39 is 20.8 Å². The molecule has 0 aromatic heterocycles. The first-order valence-electron chi connectivity index (χ1n) is 26.2. The topological polar surface area (TPSA) is 0 Å². The second-order valence-corrected chi connectivity index (χ2v) is 27.7. The molecule has 8 aliphatic rings. The van der Waals surface area contributed by atoms with E-state index in [0.717, 1.165) is 45.0 Å². The fourth-order valence-electron chi connectivity index (χ4n) is 15.6. The van der Waals surface area contributed by atoms with Gasteiger partial charge in [0.1, 0.15) is 0 Å². The molecule has 2 unspecified atom stereocenters. The summed E-state index contributed by atoms with van der Waals surface area (Å²) in [6.07, 6.45) is 23.3. The Bertz CT molecular complexity index is 2260. The first kappa shape index (κ1) is 48.8. The molecule has 0 nitrogen and oxygen atoms in total. The second-order valence-electron chi connectivity index (χ2n) is 23.0. The Labute approximate surface area is 421 Å². The van der Waals surface area contributed by atoms with Crippen molar-refractivity contribution < 1.29 is 20.8 Å². The third kappa shape index (κ3) is 10.7. The summed E-state index contributed by atoms with van der Waals surface area (Å²) in [7, 11) is 11.0. The average molecular weight is 1010 g/mol. The summed E-state index contributed by atoms with van der Waals surface area (Å²) in [6.45, 7) is 13.5. The number of fused-ring (bicyclic) bond motifs is 2. The van der Waals surface area contributed by atoms with Crippen LogP contribution in [0.1, 0.15) is 152 Å². The molecule has 4 heteroatoms. The molecule has 0 spiro atoms. The molecule has 0 heterocycles. The van der Waals surface area contributed by atoms with Crippen LogP contribution in [-0.4, -0.2) is 9.52 Å². The summed E-state index contributed by atoms with van der Waals surface area (Å²) in [6, 6.07) is 42.5. The van der Waals surface area contributed by atoms with Gasteiger partial charge in [-0.1, -0.05) is 113 Å². The van der Waals surface area contributed by atoms with Crippen molar-refractivity contribution in [1.29, 1.82) is 0 Å². The SMILES string of the molecule is CCC(C)c1ccc(-c2cccc3[cH-]c(CC45CC6CC(CC(C6)C4)C5)cc23)cc1.CCC(C)c1ccc(-c2cccc3[cH-]c(CC45CC6CC(CC(C6)C4)C5)cc23)cc1.C[Si]C.[Cl][Zr+2][Cl]. The van der Waals surface area contributed by atoms with Crippen LogP contribution < -0.4 is 0 Å². The minimum absolute atomic E-state index is 0.622. The fraction of sp³-hybridized carbons (Fsp3) is 0.516. The van der Waals surface area contributed by atoms with E-state index in [1.807, 2.05) is 0 Å². The molecular weight excluding hydrogens is 935 g/mol. The number of halogens is 2. The van der Waals surface area contributed by atoms with Crippen molar-refractivity contribution >= 4 is 48.1 Å². The number of benzene rings is 4. The molecule has 6 aromatic carbocycles. The van der Waals surface area contributed by atoms with Gasteiger partial charge in [0.15, 0.2) is 0 Å². The standard InChI is InChI=1S/2C30H35.C2H6Si.2ClH.Zr/c2*1-3-20(2)25-7-9-26(10-8-25)28-6-4-5-27-14-24(15-29(27)28)19-30-16-21-11-22(17-30)13-23(12-21)18-30;1-3-2;;;/h2*4-10,14-15,20-23H,3,11-13,16-19H2,1-2H3;1-2H3;2*1H;/q2*-1;;;;+4/p-2. The third-order valence-corrected chi connectivity index (χ3v) is 17.9. The van der Waals surface area contributed by atoms with E-state index in [0.29, 0.717) is 22.7 Å². The van der Waals surface area contributed by atoms with Crippen LogP contribution in [0.2, 0.25) is 13.1 Å². The molecular formula is C62H76Cl2SiZr. The predicted octanol–water partition coefficient (Wildman–Crippen LogP) is 19.2. The van der Waals surface area contributed by atoms with Crippen molar-refractivity contribution in [3.63, 3.8) is 0 Å². The van der Waals surface area contributed by atoms with Crippen LogP contribution in [-0.2, 0) is 33.7 Å². The van der Waals surface area contributed by atoms with E-state index in [1.165, 1.54) is 158 Å². The first-order valence-corrected chi connectivity index (χ1v) is 34.5.